The van der Waals surface area contributed by atoms with Crippen molar-refractivity contribution in [3.63, 3.8) is 0 Å². The molecule has 24 heavy (non-hydrogen) atoms. The molecule has 2 aromatic carbocycles. The summed E-state index contributed by atoms with van der Waals surface area (Å²) in [5.74, 6) is 0.883. The number of ether oxygens (including phenoxy) is 2. The van der Waals surface area contributed by atoms with Gasteiger partial charge in [0.15, 0.2) is 0 Å². The average molecular weight is 359 g/mol. The summed E-state index contributed by atoms with van der Waals surface area (Å²) >= 11 is 3.24. The van der Waals surface area contributed by atoms with Crippen LogP contribution in [0.4, 0.5) is 5.69 Å². The summed E-state index contributed by atoms with van der Waals surface area (Å²) in [6, 6.07) is 11.2. The zero-order valence-electron chi connectivity index (χ0n) is 12.9. The van der Waals surface area contributed by atoms with E-state index in [1.165, 1.54) is 13.2 Å². The Morgan fingerprint density at radius 3 is 2.46 bits per heavy atom. The molecule has 0 radical (unpaired) electrons. The number of thioether (sulfide) groups is 2. The molecule has 2 aliphatic rings. The van der Waals surface area contributed by atoms with Gasteiger partial charge in [-0.2, -0.15) is 0 Å². The van der Waals surface area contributed by atoms with Crippen LogP contribution in [-0.4, -0.2) is 16.3 Å². The number of rotatable bonds is 2. The average Bonchev–Trinajstić information content (AvgIpc) is 2.93. The first-order valence-electron chi connectivity index (χ1n) is 7.24. The van der Waals surface area contributed by atoms with E-state index in [9.17, 15) is 10.1 Å². The van der Waals surface area contributed by atoms with E-state index < -0.39 is 9.19 Å². The number of hydrogen-bond donors (Lipinski definition) is 0. The summed E-state index contributed by atoms with van der Waals surface area (Å²) in [4.78, 5) is 13.3. The monoisotopic (exact) mass is 359 g/mol. The Morgan fingerprint density at radius 1 is 1.21 bits per heavy atom. The van der Waals surface area contributed by atoms with E-state index in [1.54, 1.807) is 29.6 Å². The summed E-state index contributed by atoms with van der Waals surface area (Å²) in [6.07, 6.45) is 1.85. The van der Waals surface area contributed by atoms with Crippen LogP contribution in [0.3, 0.4) is 0 Å². The number of methoxy groups -OCH3 is 1. The smallest absolute Gasteiger partial charge is 0.284 e. The standard InChI is InChI=1S/C17H13NO4S2/c1-10-7-12-13(18(19)20)8-11(21-2)9-14(12)22-17(10)23-15-5-3-4-6-16(15)24-17/h3-9H,1-2H3. The highest BCUT2D eigenvalue weighted by molar-refractivity contribution is 8.20. The predicted molar refractivity (Wildman–Crippen MR) is 94.8 cm³/mol. The molecule has 0 aliphatic carbocycles. The Hall–Kier alpha value is -2.12. The Bertz CT molecular complexity index is 869. The molecular weight excluding hydrogens is 346 g/mol. The van der Waals surface area contributed by atoms with Gasteiger partial charge in [-0.3, -0.25) is 10.1 Å². The van der Waals surface area contributed by atoms with Crippen molar-refractivity contribution in [3.8, 4) is 11.5 Å². The summed E-state index contributed by atoms with van der Waals surface area (Å²) in [5, 5.41) is 11.4. The number of fused-ring (bicyclic) bond motifs is 2. The lowest BCUT2D eigenvalue weighted by Crippen LogP contribution is -2.30. The lowest BCUT2D eigenvalue weighted by Gasteiger charge is -2.33. The highest BCUT2D eigenvalue weighted by atomic mass is 32.2. The van der Waals surface area contributed by atoms with Crippen molar-refractivity contribution in [3.05, 3.63) is 57.6 Å². The molecule has 5 nitrogen and oxygen atoms in total. The first-order valence-corrected chi connectivity index (χ1v) is 8.87. The van der Waals surface area contributed by atoms with E-state index in [0.717, 1.165) is 15.4 Å². The normalized spacial score (nSPS) is 16.8. The minimum atomic E-state index is -0.628. The Labute approximate surface area is 147 Å². The van der Waals surface area contributed by atoms with Crippen LogP contribution < -0.4 is 9.47 Å². The largest absolute Gasteiger partial charge is 0.496 e. The van der Waals surface area contributed by atoms with Crippen molar-refractivity contribution in [1.82, 2.24) is 0 Å². The second-order valence-electron chi connectivity index (χ2n) is 5.45. The predicted octanol–water partition coefficient (Wildman–Crippen LogP) is 4.95. The Morgan fingerprint density at radius 2 is 1.88 bits per heavy atom. The molecule has 0 N–H and O–H groups in total. The van der Waals surface area contributed by atoms with Gasteiger partial charge >= 0.3 is 0 Å². The van der Waals surface area contributed by atoms with Gasteiger partial charge in [0.25, 0.3) is 5.69 Å². The molecule has 2 aromatic rings. The fourth-order valence-electron chi connectivity index (χ4n) is 2.75. The molecule has 2 aliphatic heterocycles. The van der Waals surface area contributed by atoms with Crippen molar-refractivity contribution < 1.29 is 14.4 Å². The van der Waals surface area contributed by atoms with Gasteiger partial charge in [0, 0.05) is 15.9 Å². The van der Waals surface area contributed by atoms with E-state index >= 15 is 0 Å². The second-order valence-corrected chi connectivity index (χ2v) is 8.15. The van der Waals surface area contributed by atoms with Crippen molar-refractivity contribution in [2.24, 2.45) is 0 Å². The molecule has 0 unspecified atom stereocenters. The molecule has 0 saturated heterocycles. The van der Waals surface area contributed by atoms with E-state index in [4.69, 9.17) is 9.47 Å². The van der Waals surface area contributed by atoms with E-state index in [2.05, 4.69) is 12.1 Å². The number of benzene rings is 2. The quantitative estimate of drug-likeness (QED) is 0.558. The van der Waals surface area contributed by atoms with Crippen molar-refractivity contribution >= 4 is 35.3 Å². The SMILES string of the molecule is COc1cc2c(c([N+](=O)[O-])c1)C=C(C)C1(O2)Sc2ccccc2S1. The number of nitrogens with zero attached hydrogens (tertiary/aromatic N) is 1. The maximum atomic E-state index is 11.4. The zero-order valence-corrected chi connectivity index (χ0v) is 14.6. The van der Waals surface area contributed by atoms with E-state index in [0.29, 0.717) is 17.1 Å². The van der Waals surface area contributed by atoms with Crippen LogP contribution in [0.25, 0.3) is 6.08 Å². The van der Waals surface area contributed by atoms with E-state index in [1.807, 2.05) is 25.1 Å². The van der Waals surface area contributed by atoms with Gasteiger partial charge in [-0.05, 0) is 30.7 Å². The first kappa shape index (κ1) is 15.4. The molecule has 122 valence electrons. The maximum Gasteiger partial charge on any atom is 0.284 e. The first-order chi connectivity index (χ1) is 11.5. The molecule has 0 amide bonds. The summed E-state index contributed by atoms with van der Waals surface area (Å²) in [7, 11) is 1.49. The molecule has 4 rings (SSSR count). The number of nitro groups is 1. The summed E-state index contributed by atoms with van der Waals surface area (Å²) in [5.41, 5.74) is 1.42. The fourth-order valence-corrected chi connectivity index (χ4v) is 5.62. The van der Waals surface area contributed by atoms with Crippen LogP contribution in [-0.2, 0) is 0 Å². The summed E-state index contributed by atoms with van der Waals surface area (Å²) in [6.45, 7) is 1.95. The van der Waals surface area contributed by atoms with Crippen molar-refractivity contribution in [2.45, 2.75) is 21.0 Å². The third-order valence-electron chi connectivity index (χ3n) is 3.95. The molecule has 0 saturated carbocycles. The van der Waals surface area contributed by atoms with Crippen LogP contribution in [0.15, 0.2) is 51.8 Å². The zero-order chi connectivity index (χ0) is 16.9. The molecular formula is C17H13NO4S2. The Balaban J connectivity index is 1.83. The van der Waals surface area contributed by atoms with Gasteiger partial charge in [-0.25, -0.2) is 0 Å². The number of hydrogen-bond acceptors (Lipinski definition) is 6. The second kappa shape index (κ2) is 5.46. The Kier molecular flexibility index (Phi) is 3.51. The van der Waals surface area contributed by atoms with Crippen LogP contribution >= 0.6 is 23.5 Å². The highest BCUT2D eigenvalue weighted by Gasteiger charge is 2.46. The van der Waals surface area contributed by atoms with Crippen LogP contribution in [0.2, 0.25) is 0 Å². The minimum absolute atomic E-state index is 0.0101. The third-order valence-corrected chi connectivity index (χ3v) is 7.08. The van der Waals surface area contributed by atoms with E-state index in [-0.39, 0.29) is 5.69 Å². The topological polar surface area (TPSA) is 61.6 Å². The molecule has 0 atom stereocenters. The molecule has 0 bridgehead atoms. The lowest BCUT2D eigenvalue weighted by atomic mass is 10.1. The van der Waals surface area contributed by atoms with Gasteiger partial charge in [0.05, 0.1) is 23.7 Å². The fraction of sp³-hybridized carbons (Fsp3) is 0.176. The number of nitro benzene ring substituents is 1. The molecule has 2 heterocycles. The lowest BCUT2D eigenvalue weighted by molar-refractivity contribution is -0.385. The van der Waals surface area contributed by atoms with Crippen molar-refractivity contribution in [1.29, 1.82) is 0 Å². The van der Waals surface area contributed by atoms with Crippen LogP contribution in [0, 0.1) is 10.1 Å². The maximum absolute atomic E-state index is 11.4. The van der Waals surface area contributed by atoms with Gasteiger partial charge in [-0.1, -0.05) is 35.7 Å². The van der Waals surface area contributed by atoms with Gasteiger partial charge < -0.3 is 9.47 Å². The molecule has 0 aromatic heterocycles. The van der Waals surface area contributed by atoms with Crippen LogP contribution in [0.1, 0.15) is 12.5 Å². The molecule has 1 spiro atoms. The van der Waals surface area contributed by atoms with Gasteiger partial charge in [-0.15, -0.1) is 0 Å². The molecule has 7 heteroatoms. The minimum Gasteiger partial charge on any atom is -0.496 e. The van der Waals surface area contributed by atoms with Crippen LogP contribution in [0.5, 0.6) is 11.5 Å². The van der Waals surface area contributed by atoms with Crippen molar-refractivity contribution in [2.75, 3.05) is 7.11 Å². The molecule has 0 fully saturated rings. The summed E-state index contributed by atoms with van der Waals surface area (Å²) < 4.78 is 10.8. The highest BCUT2D eigenvalue weighted by Crippen LogP contribution is 2.61. The van der Waals surface area contributed by atoms with Gasteiger partial charge in [0.1, 0.15) is 11.5 Å². The van der Waals surface area contributed by atoms with Gasteiger partial charge in [0.2, 0.25) is 4.27 Å². The third kappa shape index (κ3) is 2.27.